The number of amides is 1. The molecule has 2 heterocycles. The van der Waals surface area contributed by atoms with Crippen LogP contribution in [0.5, 0.6) is 5.75 Å². The van der Waals surface area contributed by atoms with Crippen LogP contribution in [0.3, 0.4) is 0 Å². The molecule has 1 atom stereocenters. The first-order valence-corrected chi connectivity index (χ1v) is 9.57. The van der Waals surface area contributed by atoms with Crippen LogP contribution in [-0.4, -0.2) is 34.1 Å². The second kappa shape index (κ2) is 8.46. The second-order valence-electron chi connectivity index (χ2n) is 7.11. The van der Waals surface area contributed by atoms with E-state index in [1.54, 1.807) is 33.0 Å². The lowest BCUT2D eigenvalue weighted by Gasteiger charge is -2.21. The van der Waals surface area contributed by atoms with Crippen LogP contribution in [0.15, 0.2) is 31.9 Å². The maximum absolute atomic E-state index is 12.6. The van der Waals surface area contributed by atoms with Crippen molar-refractivity contribution in [1.29, 1.82) is 0 Å². The number of aryl methyl sites for hydroxylation is 2. The van der Waals surface area contributed by atoms with Crippen molar-refractivity contribution in [2.24, 2.45) is 0 Å². The molecule has 8 heteroatoms. The van der Waals surface area contributed by atoms with Gasteiger partial charge in [-0.2, -0.15) is 4.98 Å². The number of ether oxygens (including phenoxy) is 1. The van der Waals surface area contributed by atoms with Crippen molar-refractivity contribution in [1.82, 2.24) is 15.0 Å². The van der Waals surface area contributed by atoms with Gasteiger partial charge in [0.1, 0.15) is 11.3 Å². The third-order valence-corrected chi connectivity index (χ3v) is 4.82. The Bertz CT molecular complexity index is 1090. The summed E-state index contributed by atoms with van der Waals surface area (Å²) < 4.78 is 16.3. The maximum atomic E-state index is 12.6. The molecule has 8 nitrogen and oxygen atoms in total. The number of carbonyl (C=O) groups excluding carboxylic acids is 1. The van der Waals surface area contributed by atoms with Gasteiger partial charge in [-0.15, -0.1) is 0 Å². The minimum Gasteiger partial charge on any atom is -0.481 e. The van der Waals surface area contributed by atoms with Gasteiger partial charge in [0.05, 0.1) is 6.54 Å². The Morgan fingerprint density at radius 2 is 2.03 bits per heavy atom. The van der Waals surface area contributed by atoms with E-state index in [2.05, 4.69) is 10.1 Å². The average molecular weight is 399 g/mol. The van der Waals surface area contributed by atoms with Crippen LogP contribution in [0.2, 0.25) is 0 Å². The molecule has 2 aromatic heterocycles. The third-order valence-electron chi connectivity index (χ3n) is 4.82. The van der Waals surface area contributed by atoms with Gasteiger partial charge in [0, 0.05) is 30.5 Å². The molecule has 0 bridgehead atoms. The highest BCUT2D eigenvalue weighted by atomic mass is 16.5. The fourth-order valence-electron chi connectivity index (χ4n) is 3.03. The van der Waals surface area contributed by atoms with E-state index >= 15 is 0 Å². The summed E-state index contributed by atoms with van der Waals surface area (Å²) in [5.41, 5.74) is 1.50. The van der Waals surface area contributed by atoms with E-state index in [9.17, 15) is 9.59 Å². The van der Waals surface area contributed by atoms with E-state index < -0.39 is 6.10 Å². The molecule has 0 aliphatic carbocycles. The van der Waals surface area contributed by atoms with Crippen LogP contribution in [0.1, 0.15) is 43.1 Å². The smallest absolute Gasteiger partial charge is 0.339 e. The topological polar surface area (TPSA) is 98.7 Å². The Balaban J connectivity index is 1.69. The Labute approximate surface area is 168 Å². The molecule has 0 N–H and O–H groups in total. The molecule has 0 spiro atoms. The van der Waals surface area contributed by atoms with E-state index in [4.69, 9.17) is 13.7 Å². The first-order chi connectivity index (χ1) is 13.8. The monoisotopic (exact) mass is 399 g/mol. The molecule has 3 aromatic rings. The van der Waals surface area contributed by atoms with Crippen LogP contribution in [0.4, 0.5) is 0 Å². The van der Waals surface area contributed by atoms with Crippen molar-refractivity contribution in [3.8, 4) is 5.75 Å². The minimum absolute atomic E-state index is 0.203. The molecular weight excluding hydrogens is 374 g/mol. The molecule has 154 valence electrons. The third kappa shape index (κ3) is 4.47. The fourth-order valence-corrected chi connectivity index (χ4v) is 3.03. The summed E-state index contributed by atoms with van der Waals surface area (Å²) in [6, 6.07) is 5.21. The van der Waals surface area contributed by atoms with Crippen molar-refractivity contribution in [3.05, 3.63) is 51.5 Å². The largest absolute Gasteiger partial charge is 0.481 e. The molecule has 0 aliphatic heterocycles. The Morgan fingerprint density at radius 3 is 2.76 bits per heavy atom. The lowest BCUT2D eigenvalue weighted by Crippen LogP contribution is -2.37. The van der Waals surface area contributed by atoms with E-state index in [0.717, 1.165) is 23.8 Å². The first-order valence-electron chi connectivity index (χ1n) is 9.57. The number of carbonyl (C=O) groups is 1. The molecule has 0 saturated carbocycles. The lowest BCUT2D eigenvalue weighted by atomic mass is 10.1. The van der Waals surface area contributed by atoms with Gasteiger partial charge in [-0.05, 0) is 44.9 Å². The summed E-state index contributed by atoms with van der Waals surface area (Å²) in [5, 5.41) is 4.73. The zero-order valence-corrected chi connectivity index (χ0v) is 17.3. The van der Waals surface area contributed by atoms with Crippen LogP contribution in [0, 0.1) is 13.8 Å². The molecule has 0 fully saturated rings. The number of benzene rings is 1. The minimum atomic E-state index is -0.742. The predicted molar refractivity (Wildman–Crippen MR) is 107 cm³/mol. The number of hydrogen-bond donors (Lipinski definition) is 0. The molecular formula is C21H25N3O5. The zero-order valence-electron chi connectivity index (χ0n) is 17.3. The normalized spacial score (nSPS) is 12.2. The highest BCUT2D eigenvalue weighted by molar-refractivity contribution is 5.83. The maximum Gasteiger partial charge on any atom is 0.339 e. The summed E-state index contributed by atoms with van der Waals surface area (Å²) in [4.78, 5) is 30.3. The number of likely N-dealkylation sites (N-methyl/N-ethyl adjacent to an activating group) is 1. The van der Waals surface area contributed by atoms with Gasteiger partial charge in [0.2, 0.25) is 5.89 Å². The van der Waals surface area contributed by atoms with Crippen molar-refractivity contribution in [2.45, 2.75) is 53.2 Å². The van der Waals surface area contributed by atoms with Gasteiger partial charge in [0.15, 0.2) is 11.9 Å². The molecule has 29 heavy (non-hydrogen) atoms. The van der Waals surface area contributed by atoms with Gasteiger partial charge < -0.3 is 18.6 Å². The van der Waals surface area contributed by atoms with Gasteiger partial charge >= 0.3 is 5.63 Å². The van der Waals surface area contributed by atoms with E-state index in [1.165, 1.54) is 4.90 Å². The highest BCUT2D eigenvalue weighted by Crippen LogP contribution is 2.24. The van der Waals surface area contributed by atoms with Crippen molar-refractivity contribution in [2.75, 3.05) is 7.05 Å². The van der Waals surface area contributed by atoms with E-state index in [1.807, 2.05) is 19.9 Å². The highest BCUT2D eigenvalue weighted by Gasteiger charge is 2.22. The van der Waals surface area contributed by atoms with Crippen LogP contribution in [0.25, 0.3) is 11.0 Å². The molecule has 0 radical (unpaired) electrons. The van der Waals surface area contributed by atoms with Crippen LogP contribution < -0.4 is 10.4 Å². The first kappa shape index (κ1) is 20.6. The SMILES string of the molecule is CCCc1noc(CN(C)C(=O)C(C)Oc2ccc3c(C)c(C)c(=O)oc3c2)n1. The second-order valence-corrected chi connectivity index (χ2v) is 7.11. The van der Waals surface area contributed by atoms with Crippen LogP contribution in [-0.2, 0) is 17.8 Å². The lowest BCUT2D eigenvalue weighted by molar-refractivity contribution is -0.137. The van der Waals surface area contributed by atoms with Gasteiger partial charge in [-0.25, -0.2) is 4.79 Å². The average Bonchev–Trinajstić information content (AvgIpc) is 3.12. The fraction of sp³-hybridized carbons (Fsp3) is 0.429. The molecule has 0 saturated heterocycles. The molecule has 1 amide bonds. The Hall–Kier alpha value is -3.16. The Morgan fingerprint density at radius 1 is 1.28 bits per heavy atom. The summed E-state index contributed by atoms with van der Waals surface area (Å²) in [7, 11) is 1.65. The predicted octanol–water partition coefficient (Wildman–Crippen LogP) is 3.17. The molecule has 1 unspecified atom stereocenters. The molecule has 3 rings (SSSR count). The number of nitrogens with zero attached hydrogens (tertiary/aromatic N) is 3. The number of rotatable bonds is 7. The standard InChI is InChI=1S/C21H25N3O5/c1-6-7-18-22-19(29-23-18)11-24(5)20(25)14(4)27-15-8-9-16-12(2)13(3)21(26)28-17(16)10-15/h8-10,14H,6-7,11H2,1-5H3. The number of hydrogen-bond acceptors (Lipinski definition) is 7. The summed E-state index contributed by atoms with van der Waals surface area (Å²) in [6.07, 6.45) is 0.912. The van der Waals surface area contributed by atoms with Crippen LogP contribution >= 0.6 is 0 Å². The van der Waals surface area contributed by atoms with Crippen molar-refractivity contribution < 1.29 is 18.5 Å². The zero-order chi connectivity index (χ0) is 21.1. The van der Waals surface area contributed by atoms with Gasteiger partial charge in [-0.3, -0.25) is 4.79 Å². The van der Waals surface area contributed by atoms with Gasteiger partial charge in [-0.1, -0.05) is 12.1 Å². The van der Waals surface area contributed by atoms with Crippen molar-refractivity contribution >= 4 is 16.9 Å². The molecule has 0 aliphatic rings. The quantitative estimate of drug-likeness (QED) is 0.563. The Kier molecular flexibility index (Phi) is 6.00. The summed E-state index contributed by atoms with van der Waals surface area (Å²) in [5.74, 6) is 1.23. The number of aromatic nitrogens is 2. The number of fused-ring (bicyclic) bond motifs is 1. The van der Waals surface area contributed by atoms with E-state index in [0.29, 0.717) is 28.6 Å². The molecule has 1 aromatic carbocycles. The summed E-state index contributed by atoms with van der Waals surface area (Å²) in [6.45, 7) is 7.51. The van der Waals surface area contributed by atoms with Gasteiger partial charge in [0.25, 0.3) is 5.91 Å². The summed E-state index contributed by atoms with van der Waals surface area (Å²) >= 11 is 0. The van der Waals surface area contributed by atoms with E-state index in [-0.39, 0.29) is 18.1 Å². The van der Waals surface area contributed by atoms with Crippen molar-refractivity contribution in [3.63, 3.8) is 0 Å².